The molecule has 0 aromatic carbocycles. The third kappa shape index (κ3) is 2.02. The van der Waals surface area contributed by atoms with Gasteiger partial charge in [-0.05, 0) is 18.5 Å². The molecule has 2 N–H and O–H groups in total. The van der Waals surface area contributed by atoms with Crippen LogP contribution in [0, 0.1) is 6.92 Å². The van der Waals surface area contributed by atoms with Crippen molar-refractivity contribution < 1.29 is 4.79 Å². The maximum atomic E-state index is 11.9. The molecule has 0 bridgehead atoms. The van der Waals surface area contributed by atoms with Crippen LogP contribution in [-0.4, -0.2) is 27.5 Å². The summed E-state index contributed by atoms with van der Waals surface area (Å²) < 4.78 is 4.12. The van der Waals surface area contributed by atoms with E-state index in [1.165, 1.54) is 22.9 Å². The largest absolute Gasteiger partial charge is 0.378 e. The molecule has 6 nitrogen and oxygen atoms in total. The lowest BCUT2D eigenvalue weighted by Gasteiger charge is -2.02. The molecule has 0 saturated carbocycles. The summed E-state index contributed by atoms with van der Waals surface area (Å²) in [4.78, 5) is 11.9. The molecular formula is C8H9N5OS2. The highest BCUT2D eigenvalue weighted by Gasteiger charge is 2.18. The number of aromatic nitrogens is 3. The molecular weight excluding hydrogens is 246 g/mol. The molecule has 8 heteroatoms. The normalized spacial score (nSPS) is 10.1. The van der Waals surface area contributed by atoms with Crippen molar-refractivity contribution in [2.75, 3.05) is 17.7 Å². The number of carbonyl (C=O) groups is 1. The van der Waals surface area contributed by atoms with E-state index in [4.69, 9.17) is 0 Å². The minimum Gasteiger partial charge on any atom is -0.378 e. The van der Waals surface area contributed by atoms with Gasteiger partial charge in [0.05, 0.1) is 11.3 Å². The molecule has 84 valence electrons. The fraction of sp³-hybridized carbons (Fsp3) is 0.250. The standard InChI is InChI=1S/C8H9N5OS2/c1-4-5(7(9-2)16-13-4)6(14)11-8-12-10-3-15-8/h3,9H,1-2H3,(H,11,12,14). The van der Waals surface area contributed by atoms with Crippen molar-refractivity contribution in [3.8, 4) is 0 Å². The molecule has 16 heavy (non-hydrogen) atoms. The number of hydrogen-bond acceptors (Lipinski definition) is 7. The van der Waals surface area contributed by atoms with Crippen LogP contribution in [0.25, 0.3) is 0 Å². The van der Waals surface area contributed by atoms with Crippen LogP contribution in [-0.2, 0) is 0 Å². The second kappa shape index (κ2) is 4.54. The second-order valence-electron chi connectivity index (χ2n) is 2.92. The van der Waals surface area contributed by atoms with Crippen molar-refractivity contribution in [1.82, 2.24) is 14.6 Å². The van der Waals surface area contributed by atoms with Crippen molar-refractivity contribution in [1.29, 1.82) is 0 Å². The summed E-state index contributed by atoms with van der Waals surface area (Å²) in [6.45, 7) is 1.80. The fourth-order valence-corrected chi connectivity index (χ4v) is 2.38. The minimum atomic E-state index is -0.215. The van der Waals surface area contributed by atoms with Gasteiger partial charge in [-0.25, -0.2) is 0 Å². The van der Waals surface area contributed by atoms with E-state index in [0.29, 0.717) is 16.4 Å². The molecule has 1 amide bonds. The summed E-state index contributed by atoms with van der Waals surface area (Å²) in [6, 6.07) is 0. The first kappa shape index (κ1) is 11.0. The Morgan fingerprint density at radius 2 is 2.31 bits per heavy atom. The Hall–Kier alpha value is -1.54. The van der Waals surface area contributed by atoms with E-state index in [1.807, 2.05) is 0 Å². The second-order valence-corrected chi connectivity index (χ2v) is 4.53. The van der Waals surface area contributed by atoms with Crippen LogP contribution < -0.4 is 10.6 Å². The quantitative estimate of drug-likeness (QED) is 0.870. The predicted molar refractivity (Wildman–Crippen MR) is 64.3 cm³/mol. The van der Waals surface area contributed by atoms with E-state index in [-0.39, 0.29) is 5.91 Å². The smallest absolute Gasteiger partial charge is 0.262 e. The molecule has 0 fully saturated rings. The Labute approximate surface area is 99.9 Å². The molecule has 0 saturated heterocycles. The van der Waals surface area contributed by atoms with Crippen LogP contribution in [0.2, 0.25) is 0 Å². The summed E-state index contributed by atoms with van der Waals surface area (Å²) in [5.41, 5.74) is 2.83. The van der Waals surface area contributed by atoms with Crippen molar-refractivity contribution >= 4 is 38.9 Å². The van der Waals surface area contributed by atoms with Gasteiger partial charge in [0.1, 0.15) is 10.5 Å². The zero-order valence-electron chi connectivity index (χ0n) is 8.64. The lowest BCUT2D eigenvalue weighted by Crippen LogP contribution is -2.13. The predicted octanol–water partition coefficient (Wildman–Crippen LogP) is 1.60. The molecule has 2 heterocycles. The first-order valence-corrected chi connectivity index (χ1v) is 6.09. The van der Waals surface area contributed by atoms with E-state index in [2.05, 4.69) is 25.2 Å². The van der Waals surface area contributed by atoms with Gasteiger partial charge in [0.15, 0.2) is 0 Å². The Bertz CT molecular complexity index is 493. The summed E-state index contributed by atoms with van der Waals surface area (Å²) >= 11 is 2.54. The Morgan fingerprint density at radius 3 is 2.94 bits per heavy atom. The molecule has 0 unspecified atom stereocenters. The van der Waals surface area contributed by atoms with Gasteiger partial charge < -0.3 is 5.32 Å². The van der Waals surface area contributed by atoms with E-state index in [1.54, 1.807) is 19.5 Å². The van der Waals surface area contributed by atoms with Gasteiger partial charge in [-0.15, -0.1) is 10.2 Å². The molecule has 2 aromatic rings. The Morgan fingerprint density at radius 1 is 1.50 bits per heavy atom. The highest BCUT2D eigenvalue weighted by Crippen LogP contribution is 2.24. The minimum absolute atomic E-state index is 0.215. The van der Waals surface area contributed by atoms with E-state index < -0.39 is 0 Å². The average molecular weight is 255 g/mol. The molecule has 0 aliphatic heterocycles. The summed E-state index contributed by atoms with van der Waals surface area (Å²) in [7, 11) is 1.76. The number of hydrogen-bond donors (Lipinski definition) is 2. The molecule has 0 aliphatic rings. The topological polar surface area (TPSA) is 79.8 Å². The third-order valence-corrected chi connectivity index (χ3v) is 3.46. The van der Waals surface area contributed by atoms with E-state index >= 15 is 0 Å². The summed E-state index contributed by atoms with van der Waals surface area (Å²) in [6.07, 6.45) is 0. The van der Waals surface area contributed by atoms with Gasteiger partial charge in [-0.3, -0.25) is 10.1 Å². The first-order chi connectivity index (χ1) is 7.72. The lowest BCUT2D eigenvalue weighted by atomic mass is 10.2. The van der Waals surface area contributed by atoms with Crippen LogP contribution in [0.15, 0.2) is 5.51 Å². The van der Waals surface area contributed by atoms with Crippen molar-refractivity contribution in [3.05, 3.63) is 16.8 Å². The molecule has 0 aliphatic carbocycles. The summed E-state index contributed by atoms with van der Waals surface area (Å²) in [5.74, 6) is -0.215. The van der Waals surface area contributed by atoms with Crippen LogP contribution in [0.5, 0.6) is 0 Å². The highest BCUT2D eigenvalue weighted by atomic mass is 32.1. The molecule has 0 atom stereocenters. The maximum Gasteiger partial charge on any atom is 0.262 e. The number of anilines is 2. The number of rotatable bonds is 3. The first-order valence-electron chi connectivity index (χ1n) is 4.44. The van der Waals surface area contributed by atoms with Gasteiger partial charge in [-0.1, -0.05) is 11.3 Å². The van der Waals surface area contributed by atoms with Crippen LogP contribution in [0.1, 0.15) is 16.1 Å². The fourth-order valence-electron chi connectivity index (χ4n) is 1.19. The van der Waals surface area contributed by atoms with Crippen molar-refractivity contribution in [2.45, 2.75) is 6.92 Å². The van der Waals surface area contributed by atoms with Gasteiger partial charge >= 0.3 is 0 Å². The van der Waals surface area contributed by atoms with E-state index in [0.717, 1.165) is 5.00 Å². The van der Waals surface area contributed by atoms with Gasteiger partial charge in [0, 0.05) is 7.05 Å². The number of aryl methyl sites for hydroxylation is 1. The van der Waals surface area contributed by atoms with Crippen LogP contribution in [0.4, 0.5) is 10.1 Å². The van der Waals surface area contributed by atoms with Crippen LogP contribution >= 0.6 is 22.9 Å². The monoisotopic (exact) mass is 255 g/mol. The maximum absolute atomic E-state index is 11.9. The van der Waals surface area contributed by atoms with Crippen LogP contribution in [0.3, 0.4) is 0 Å². The van der Waals surface area contributed by atoms with Crippen molar-refractivity contribution in [2.24, 2.45) is 0 Å². The number of nitrogens with zero attached hydrogens (tertiary/aromatic N) is 3. The van der Waals surface area contributed by atoms with Gasteiger partial charge in [0.25, 0.3) is 5.91 Å². The van der Waals surface area contributed by atoms with Crippen molar-refractivity contribution in [3.63, 3.8) is 0 Å². The molecule has 0 spiro atoms. The summed E-state index contributed by atoms with van der Waals surface area (Å²) in [5, 5.41) is 14.2. The third-order valence-electron chi connectivity index (χ3n) is 1.90. The molecule has 0 radical (unpaired) electrons. The highest BCUT2D eigenvalue weighted by molar-refractivity contribution is 7.13. The van der Waals surface area contributed by atoms with E-state index in [9.17, 15) is 4.79 Å². The number of nitrogens with one attached hydrogen (secondary N) is 2. The number of carbonyl (C=O) groups excluding carboxylic acids is 1. The SMILES string of the molecule is CNc1snc(C)c1C(=O)Nc1nncs1. The zero-order chi connectivity index (χ0) is 11.5. The number of amides is 1. The molecule has 2 aromatic heterocycles. The molecule has 2 rings (SSSR count). The zero-order valence-corrected chi connectivity index (χ0v) is 10.3. The van der Waals surface area contributed by atoms with Gasteiger partial charge in [-0.2, -0.15) is 4.37 Å². The van der Waals surface area contributed by atoms with Gasteiger partial charge in [0.2, 0.25) is 5.13 Å². The Balaban J connectivity index is 2.23. The lowest BCUT2D eigenvalue weighted by molar-refractivity contribution is 0.102. The Kier molecular flexibility index (Phi) is 3.11. The average Bonchev–Trinajstić information content (AvgIpc) is 2.87.